The Morgan fingerprint density at radius 2 is 1.07 bits per heavy atom. The van der Waals surface area contributed by atoms with Crippen LogP contribution in [0.4, 0.5) is 0 Å². The van der Waals surface area contributed by atoms with E-state index in [2.05, 4.69) is 24.3 Å². The van der Waals surface area contributed by atoms with Gasteiger partial charge in [0.05, 0.1) is 12.1 Å². The van der Waals surface area contributed by atoms with E-state index in [9.17, 15) is 9.59 Å². The second-order valence-corrected chi connectivity index (χ2v) is 7.68. The van der Waals surface area contributed by atoms with Gasteiger partial charge in [0.1, 0.15) is 0 Å². The van der Waals surface area contributed by atoms with Gasteiger partial charge >= 0.3 is 0 Å². The van der Waals surface area contributed by atoms with Crippen LogP contribution in [0.3, 0.4) is 0 Å². The smallest absolute Gasteiger partial charge is 0.220 e. The Bertz CT molecular complexity index is 708. The lowest BCUT2D eigenvalue weighted by Crippen LogP contribution is -2.55. The third kappa shape index (κ3) is 5.00. The monoisotopic (exact) mass is 378 g/mol. The molecule has 28 heavy (non-hydrogen) atoms. The molecule has 1 fully saturated rings. The lowest BCUT2D eigenvalue weighted by atomic mass is 9.87. The zero-order chi connectivity index (χ0) is 19.9. The summed E-state index contributed by atoms with van der Waals surface area (Å²) in [5.41, 5.74) is 2.25. The Labute approximate surface area is 168 Å². The van der Waals surface area contributed by atoms with Crippen LogP contribution in [0, 0.1) is 0 Å². The minimum absolute atomic E-state index is 0.0547. The number of nitrogens with zero attached hydrogens (tertiary/aromatic N) is 2. The molecule has 2 aromatic carbocycles. The Balaban J connectivity index is 1.85. The van der Waals surface area contributed by atoms with E-state index in [0.29, 0.717) is 13.1 Å². The highest BCUT2D eigenvalue weighted by molar-refractivity contribution is 5.75. The van der Waals surface area contributed by atoms with Gasteiger partial charge in [-0.15, -0.1) is 0 Å². The summed E-state index contributed by atoms with van der Waals surface area (Å²) in [6.07, 6.45) is 4.07. The van der Waals surface area contributed by atoms with Gasteiger partial charge in [-0.2, -0.15) is 0 Å². The van der Waals surface area contributed by atoms with Crippen LogP contribution >= 0.6 is 0 Å². The van der Waals surface area contributed by atoms with Crippen molar-refractivity contribution >= 4 is 11.8 Å². The minimum atomic E-state index is 0.0547. The molecule has 0 bridgehead atoms. The van der Waals surface area contributed by atoms with Crippen molar-refractivity contribution in [1.82, 2.24) is 9.80 Å². The molecule has 2 atom stereocenters. The van der Waals surface area contributed by atoms with Crippen LogP contribution in [0.25, 0.3) is 0 Å². The van der Waals surface area contributed by atoms with Gasteiger partial charge in [0.2, 0.25) is 11.8 Å². The number of rotatable bonds is 6. The Morgan fingerprint density at radius 1 is 0.714 bits per heavy atom. The molecule has 0 N–H and O–H groups in total. The average molecular weight is 379 g/mol. The molecule has 2 aromatic rings. The number of hydrogen-bond donors (Lipinski definition) is 0. The van der Waals surface area contributed by atoms with E-state index >= 15 is 0 Å². The standard InChI is InChI=1S/C24H30N2O2/c1-19(27)25(17-21-11-5-3-6-12-21)23-15-9-10-16-24(23)26(20(2)28)18-22-13-7-4-8-14-22/h3-8,11-14,23-24H,9-10,15-18H2,1-2H3/t23-,24-/m1/s1. The minimum Gasteiger partial charge on any atom is -0.334 e. The van der Waals surface area contributed by atoms with Crippen LogP contribution < -0.4 is 0 Å². The molecule has 1 aliphatic carbocycles. The van der Waals surface area contributed by atoms with E-state index in [0.717, 1.165) is 36.8 Å². The van der Waals surface area contributed by atoms with Crippen LogP contribution in [-0.4, -0.2) is 33.7 Å². The van der Waals surface area contributed by atoms with E-state index in [1.165, 1.54) is 0 Å². The fourth-order valence-corrected chi connectivity index (χ4v) is 4.30. The Morgan fingerprint density at radius 3 is 1.39 bits per heavy atom. The molecule has 0 saturated heterocycles. The van der Waals surface area contributed by atoms with Gasteiger partial charge in [-0.05, 0) is 24.0 Å². The molecule has 2 amide bonds. The maximum atomic E-state index is 12.6. The number of hydrogen-bond acceptors (Lipinski definition) is 2. The summed E-state index contributed by atoms with van der Waals surface area (Å²) >= 11 is 0. The molecule has 4 nitrogen and oxygen atoms in total. The number of benzene rings is 2. The largest absolute Gasteiger partial charge is 0.334 e. The van der Waals surface area contributed by atoms with Crippen molar-refractivity contribution in [3.05, 3.63) is 71.8 Å². The molecule has 0 heterocycles. The maximum absolute atomic E-state index is 12.6. The summed E-state index contributed by atoms with van der Waals surface area (Å²) in [6.45, 7) is 4.47. The van der Waals surface area contributed by atoms with Gasteiger partial charge < -0.3 is 9.80 Å². The first kappa shape index (κ1) is 20.1. The molecule has 0 aromatic heterocycles. The van der Waals surface area contributed by atoms with E-state index in [1.807, 2.05) is 46.2 Å². The summed E-state index contributed by atoms with van der Waals surface area (Å²) in [7, 11) is 0. The van der Waals surface area contributed by atoms with Gasteiger partial charge in [-0.3, -0.25) is 9.59 Å². The predicted molar refractivity (Wildman–Crippen MR) is 111 cm³/mol. The van der Waals surface area contributed by atoms with Gasteiger partial charge in [0.15, 0.2) is 0 Å². The normalized spacial score (nSPS) is 19.1. The molecular formula is C24H30N2O2. The molecule has 3 rings (SSSR count). The first-order valence-corrected chi connectivity index (χ1v) is 10.2. The van der Waals surface area contributed by atoms with Crippen LogP contribution in [0.15, 0.2) is 60.7 Å². The zero-order valence-electron chi connectivity index (χ0n) is 16.9. The highest BCUT2D eigenvalue weighted by atomic mass is 16.2. The SMILES string of the molecule is CC(=O)N(Cc1ccccc1)[C@@H]1CCCC[C@H]1N(Cc1ccccc1)C(C)=O. The van der Waals surface area contributed by atoms with E-state index in [1.54, 1.807) is 13.8 Å². The zero-order valence-corrected chi connectivity index (χ0v) is 16.9. The quantitative estimate of drug-likeness (QED) is 0.748. The van der Waals surface area contributed by atoms with Crippen molar-refractivity contribution < 1.29 is 9.59 Å². The lowest BCUT2D eigenvalue weighted by molar-refractivity contribution is -0.141. The Kier molecular flexibility index (Phi) is 6.85. The number of amides is 2. The fourth-order valence-electron chi connectivity index (χ4n) is 4.30. The van der Waals surface area contributed by atoms with Gasteiger partial charge in [-0.1, -0.05) is 73.5 Å². The van der Waals surface area contributed by atoms with Crippen LogP contribution in [-0.2, 0) is 22.7 Å². The fraction of sp³-hybridized carbons (Fsp3) is 0.417. The molecular weight excluding hydrogens is 348 g/mol. The third-order valence-electron chi connectivity index (χ3n) is 5.70. The molecule has 4 heteroatoms. The molecule has 1 saturated carbocycles. The molecule has 0 radical (unpaired) electrons. The molecule has 148 valence electrons. The van der Waals surface area contributed by atoms with Crippen molar-refractivity contribution in [3.63, 3.8) is 0 Å². The summed E-state index contributed by atoms with van der Waals surface area (Å²) < 4.78 is 0. The molecule has 0 aliphatic heterocycles. The number of carbonyl (C=O) groups excluding carboxylic acids is 2. The molecule has 0 spiro atoms. The first-order valence-electron chi connectivity index (χ1n) is 10.2. The molecule has 1 aliphatic rings. The van der Waals surface area contributed by atoms with E-state index in [-0.39, 0.29) is 23.9 Å². The number of carbonyl (C=O) groups is 2. The second kappa shape index (κ2) is 9.54. The average Bonchev–Trinajstić information content (AvgIpc) is 2.71. The van der Waals surface area contributed by atoms with E-state index < -0.39 is 0 Å². The van der Waals surface area contributed by atoms with Crippen LogP contribution in [0.2, 0.25) is 0 Å². The summed E-state index contributed by atoms with van der Waals surface area (Å²) in [5, 5.41) is 0. The van der Waals surface area contributed by atoms with Crippen molar-refractivity contribution in [3.8, 4) is 0 Å². The van der Waals surface area contributed by atoms with E-state index in [4.69, 9.17) is 0 Å². The van der Waals surface area contributed by atoms with Crippen molar-refractivity contribution in [1.29, 1.82) is 0 Å². The van der Waals surface area contributed by atoms with Crippen LogP contribution in [0.1, 0.15) is 50.7 Å². The summed E-state index contributed by atoms with van der Waals surface area (Å²) in [6, 6.07) is 20.3. The van der Waals surface area contributed by atoms with Crippen LogP contribution in [0.5, 0.6) is 0 Å². The summed E-state index contributed by atoms with van der Waals surface area (Å²) in [4.78, 5) is 29.1. The van der Waals surface area contributed by atoms with Crippen molar-refractivity contribution in [2.45, 2.75) is 64.7 Å². The Hall–Kier alpha value is -2.62. The second-order valence-electron chi connectivity index (χ2n) is 7.68. The highest BCUT2D eigenvalue weighted by Gasteiger charge is 2.36. The van der Waals surface area contributed by atoms with Crippen molar-refractivity contribution in [2.75, 3.05) is 0 Å². The van der Waals surface area contributed by atoms with Gasteiger partial charge in [0.25, 0.3) is 0 Å². The summed E-state index contributed by atoms with van der Waals surface area (Å²) in [5.74, 6) is 0.146. The van der Waals surface area contributed by atoms with Crippen molar-refractivity contribution in [2.24, 2.45) is 0 Å². The highest BCUT2D eigenvalue weighted by Crippen LogP contribution is 2.30. The van der Waals surface area contributed by atoms with Gasteiger partial charge in [0, 0.05) is 26.9 Å². The third-order valence-corrected chi connectivity index (χ3v) is 5.70. The lowest BCUT2D eigenvalue weighted by Gasteiger charge is -2.44. The first-order chi connectivity index (χ1) is 13.6. The topological polar surface area (TPSA) is 40.6 Å². The predicted octanol–water partition coefficient (Wildman–Crippen LogP) is 4.40. The van der Waals surface area contributed by atoms with Gasteiger partial charge in [-0.25, -0.2) is 0 Å². The maximum Gasteiger partial charge on any atom is 0.220 e. The molecule has 0 unspecified atom stereocenters.